The maximum absolute atomic E-state index is 4.04. The first-order valence-corrected chi connectivity index (χ1v) is 8.58. The Morgan fingerprint density at radius 3 is 2.24 bits per heavy atom. The summed E-state index contributed by atoms with van der Waals surface area (Å²) < 4.78 is 0. The lowest BCUT2D eigenvalue weighted by Gasteiger charge is -2.50. The molecule has 0 bridgehead atoms. The third kappa shape index (κ3) is 4.57. The Morgan fingerprint density at radius 2 is 1.76 bits per heavy atom. The first kappa shape index (κ1) is 20.2. The summed E-state index contributed by atoms with van der Waals surface area (Å²) in [6.07, 6.45) is 10.9. The van der Waals surface area contributed by atoms with E-state index in [1.165, 1.54) is 37.7 Å². The Morgan fingerprint density at radius 1 is 1.19 bits per heavy atom. The SMILES string of the molecule is C=CC1=C(C)CCC2C(C=C)CCCC12C.CC.CNC. The van der Waals surface area contributed by atoms with Crippen molar-refractivity contribution in [1.82, 2.24) is 5.32 Å². The molecule has 0 saturated heterocycles. The van der Waals surface area contributed by atoms with E-state index in [4.69, 9.17) is 0 Å². The van der Waals surface area contributed by atoms with Crippen LogP contribution in [0.2, 0.25) is 0 Å². The van der Waals surface area contributed by atoms with Crippen LogP contribution >= 0.6 is 0 Å². The average Bonchev–Trinajstić information content (AvgIpc) is 2.48. The minimum atomic E-state index is 0.376. The molecule has 0 aromatic heterocycles. The maximum atomic E-state index is 4.04. The monoisotopic (exact) mass is 291 g/mol. The first-order chi connectivity index (χ1) is 10.0. The molecule has 122 valence electrons. The molecule has 0 aliphatic heterocycles. The van der Waals surface area contributed by atoms with E-state index in [-0.39, 0.29) is 0 Å². The van der Waals surface area contributed by atoms with Crippen LogP contribution in [0, 0.1) is 17.3 Å². The number of fused-ring (bicyclic) bond motifs is 1. The van der Waals surface area contributed by atoms with Gasteiger partial charge in [-0.05, 0) is 69.5 Å². The summed E-state index contributed by atoms with van der Waals surface area (Å²) in [6.45, 7) is 16.8. The van der Waals surface area contributed by atoms with Crippen LogP contribution in [0.5, 0.6) is 0 Å². The molecular weight excluding hydrogens is 254 g/mol. The van der Waals surface area contributed by atoms with Crippen LogP contribution in [0.25, 0.3) is 0 Å². The number of hydrogen-bond acceptors (Lipinski definition) is 1. The fourth-order valence-electron chi connectivity index (χ4n) is 4.11. The third-order valence-corrected chi connectivity index (χ3v) is 4.98. The molecule has 0 aromatic carbocycles. The van der Waals surface area contributed by atoms with E-state index in [9.17, 15) is 0 Å². The zero-order valence-electron chi connectivity index (χ0n) is 15.3. The lowest BCUT2D eigenvalue weighted by atomic mass is 9.55. The second-order valence-corrected chi connectivity index (χ2v) is 6.25. The summed E-state index contributed by atoms with van der Waals surface area (Å²) in [4.78, 5) is 0. The Bertz CT molecular complexity index is 353. The quantitative estimate of drug-likeness (QED) is 0.638. The van der Waals surface area contributed by atoms with Gasteiger partial charge in [-0.25, -0.2) is 0 Å². The second-order valence-electron chi connectivity index (χ2n) is 6.25. The smallest absolute Gasteiger partial charge is 0.00421 e. The van der Waals surface area contributed by atoms with E-state index in [0.717, 1.165) is 11.8 Å². The molecule has 2 aliphatic carbocycles. The zero-order valence-corrected chi connectivity index (χ0v) is 15.3. The van der Waals surface area contributed by atoms with Crippen molar-refractivity contribution in [1.29, 1.82) is 0 Å². The summed E-state index contributed by atoms with van der Waals surface area (Å²) >= 11 is 0. The van der Waals surface area contributed by atoms with Crippen molar-refractivity contribution in [3.63, 3.8) is 0 Å². The summed E-state index contributed by atoms with van der Waals surface area (Å²) in [6, 6.07) is 0. The van der Waals surface area contributed by atoms with E-state index in [1.807, 2.05) is 27.9 Å². The Kier molecular flexibility index (Phi) is 9.61. The Hall–Kier alpha value is -0.820. The van der Waals surface area contributed by atoms with Gasteiger partial charge < -0.3 is 5.32 Å². The lowest BCUT2D eigenvalue weighted by Crippen LogP contribution is -2.40. The lowest BCUT2D eigenvalue weighted by molar-refractivity contribution is 0.0996. The minimum absolute atomic E-state index is 0.376. The average molecular weight is 292 g/mol. The molecule has 0 spiro atoms. The number of allylic oxidation sites excluding steroid dienone is 4. The highest BCUT2D eigenvalue weighted by Crippen LogP contribution is 2.55. The van der Waals surface area contributed by atoms with Crippen LogP contribution in [0.15, 0.2) is 36.5 Å². The van der Waals surface area contributed by atoms with Gasteiger partial charge in [0, 0.05) is 0 Å². The molecule has 3 atom stereocenters. The van der Waals surface area contributed by atoms with Gasteiger partial charge >= 0.3 is 0 Å². The number of rotatable bonds is 2. The summed E-state index contributed by atoms with van der Waals surface area (Å²) in [7, 11) is 3.75. The Balaban J connectivity index is 0.000000713. The highest BCUT2D eigenvalue weighted by Gasteiger charge is 2.44. The molecule has 0 aromatic rings. The molecule has 0 amide bonds. The second kappa shape index (κ2) is 10.00. The molecule has 3 unspecified atom stereocenters. The van der Waals surface area contributed by atoms with Crippen molar-refractivity contribution < 1.29 is 0 Å². The first-order valence-electron chi connectivity index (χ1n) is 8.58. The summed E-state index contributed by atoms with van der Waals surface area (Å²) in [5, 5.41) is 2.75. The summed E-state index contributed by atoms with van der Waals surface area (Å²) in [5.74, 6) is 1.53. The molecule has 1 N–H and O–H groups in total. The molecule has 1 fully saturated rings. The van der Waals surface area contributed by atoms with E-state index in [0.29, 0.717) is 5.41 Å². The molecule has 1 heteroatoms. The fraction of sp³-hybridized carbons (Fsp3) is 0.700. The zero-order chi connectivity index (χ0) is 16.5. The molecule has 21 heavy (non-hydrogen) atoms. The molecule has 2 aliphatic rings. The number of nitrogens with one attached hydrogen (secondary N) is 1. The van der Waals surface area contributed by atoms with Crippen LogP contribution in [-0.4, -0.2) is 14.1 Å². The molecule has 1 nitrogen and oxygen atoms in total. The van der Waals surface area contributed by atoms with Gasteiger partial charge in [0.2, 0.25) is 0 Å². The molecule has 2 rings (SSSR count). The van der Waals surface area contributed by atoms with Crippen LogP contribution in [-0.2, 0) is 0 Å². The van der Waals surface area contributed by atoms with Gasteiger partial charge in [-0.2, -0.15) is 0 Å². The van der Waals surface area contributed by atoms with Gasteiger partial charge in [-0.1, -0.05) is 51.5 Å². The van der Waals surface area contributed by atoms with Crippen molar-refractivity contribution in [3.05, 3.63) is 36.5 Å². The van der Waals surface area contributed by atoms with Gasteiger partial charge in [0.25, 0.3) is 0 Å². The molecular formula is C20H37N. The normalized spacial score (nSPS) is 31.0. The van der Waals surface area contributed by atoms with Gasteiger partial charge in [0.1, 0.15) is 0 Å². The van der Waals surface area contributed by atoms with Crippen LogP contribution in [0.1, 0.15) is 59.8 Å². The highest BCUT2D eigenvalue weighted by molar-refractivity contribution is 5.34. The minimum Gasteiger partial charge on any atom is -0.323 e. The van der Waals surface area contributed by atoms with Gasteiger partial charge in [-0.15, -0.1) is 6.58 Å². The van der Waals surface area contributed by atoms with Crippen molar-refractivity contribution in [2.45, 2.75) is 59.8 Å². The van der Waals surface area contributed by atoms with Crippen molar-refractivity contribution in [3.8, 4) is 0 Å². The van der Waals surface area contributed by atoms with E-state index >= 15 is 0 Å². The third-order valence-electron chi connectivity index (χ3n) is 4.98. The molecule has 1 saturated carbocycles. The molecule has 0 heterocycles. The van der Waals surface area contributed by atoms with E-state index in [2.05, 4.69) is 44.5 Å². The van der Waals surface area contributed by atoms with Crippen LogP contribution < -0.4 is 5.32 Å². The predicted octanol–water partition coefficient (Wildman–Crippen LogP) is 5.75. The van der Waals surface area contributed by atoms with Gasteiger partial charge in [0.15, 0.2) is 0 Å². The van der Waals surface area contributed by atoms with E-state index < -0.39 is 0 Å². The fourth-order valence-corrected chi connectivity index (χ4v) is 4.11. The van der Waals surface area contributed by atoms with Crippen LogP contribution in [0.3, 0.4) is 0 Å². The topological polar surface area (TPSA) is 12.0 Å². The largest absolute Gasteiger partial charge is 0.323 e. The van der Waals surface area contributed by atoms with Gasteiger partial charge in [0.05, 0.1) is 0 Å². The van der Waals surface area contributed by atoms with Crippen molar-refractivity contribution in [2.75, 3.05) is 14.1 Å². The Labute approximate surface area is 133 Å². The highest BCUT2D eigenvalue weighted by atomic mass is 14.7. The van der Waals surface area contributed by atoms with Crippen molar-refractivity contribution in [2.24, 2.45) is 17.3 Å². The standard InChI is InChI=1S/C16H24.C2H7N.C2H6/c1-5-13-8-7-11-16(4)14(6-2)12(3)9-10-15(13)16;1-3-2;1-2/h5-6,13,15H,1-2,7-11H2,3-4H3;3H,1-2H3;1-2H3. The summed E-state index contributed by atoms with van der Waals surface area (Å²) in [5.41, 5.74) is 3.48. The van der Waals surface area contributed by atoms with E-state index in [1.54, 1.807) is 5.57 Å². The molecule has 0 radical (unpaired) electrons. The number of hydrogen-bond donors (Lipinski definition) is 1. The van der Waals surface area contributed by atoms with Crippen molar-refractivity contribution >= 4 is 0 Å². The maximum Gasteiger partial charge on any atom is -0.00421 e. The van der Waals surface area contributed by atoms with Crippen LogP contribution in [0.4, 0.5) is 0 Å². The predicted molar refractivity (Wildman–Crippen MR) is 97.6 cm³/mol. The van der Waals surface area contributed by atoms with Gasteiger partial charge in [-0.3, -0.25) is 0 Å².